The van der Waals surface area contributed by atoms with Crippen molar-refractivity contribution < 1.29 is 17.9 Å². The van der Waals surface area contributed by atoms with E-state index in [1.54, 1.807) is 6.07 Å². The average Bonchev–Trinajstić information content (AvgIpc) is 2.78. The van der Waals surface area contributed by atoms with Crippen molar-refractivity contribution in [2.75, 3.05) is 25.1 Å². The molecule has 0 amide bonds. The van der Waals surface area contributed by atoms with E-state index in [1.165, 1.54) is 12.1 Å². The van der Waals surface area contributed by atoms with Crippen LogP contribution in [0.3, 0.4) is 0 Å². The average molecular weight is 245 g/mol. The van der Waals surface area contributed by atoms with Crippen LogP contribution < -0.4 is 5.32 Å². The van der Waals surface area contributed by atoms with Crippen molar-refractivity contribution in [3.8, 4) is 0 Å². The van der Waals surface area contributed by atoms with Gasteiger partial charge in [0.1, 0.15) is 0 Å². The Kier molecular flexibility index (Phi) is 3.57. The fourth-order valence-electron chi connectivity index (χ4n) is 1.88. The normalized spacial score (nSPS) is 20.5. The summed E-state index contributed by atoms with van der Waals surface area (Å²) in [4.78, 5) is 0. The first-order chi connectivity index (χ1) is 8.07. The molecule has 1 unspecified atom stereocenters. The molecule has 0 bridgehead atoms. The van der Waals surface area contributed by atoms with Crippen molar-refractivity contribution >= 4 is 5.69 Å². The van der Waals surface area contributed by atoms with Crippen LogP contribution in [-0.4, -0.2) is 19.8 Å². The van der Waals surface area contributed by atoms with Crippen LogP contribution in [0.25, 0.3) is 0 Å². The molecule has 1 fully saturated rings. The number of alkyl halides is 3. The van der Waals surface area contributed by atoms with E-state index in [-0.39, 0.29) is 5.69 Å². The molecule has 94 valence electrons. The van der Waals surface area contributed by atoms with Gasteiger partial charge in [-0.3, -0.25) is 0 Å². The number of para-hydroxylation sites is 1. The lowest BCUT2D eigenvalue weighted by molar-refractivity contribution is -0.136. The lowest BCUT2D eigenvalue weighted by atomic mass is 10.1. The van der Waals surface area contributed by atoms with Crippen LogP contribution in [0.5, 0.6) is 0 Å². The van der Waals surface area contributed by atoms with Crippen molar-refractivity contribution in [3.63, 3.8) is 0 Å². The number of nitrogens with one attached hydrogen (secondary N) is 1. The zero-order chi connectivity index (χ0) is 12.3. The quantitative estimate of drug-likeness (QED) is 0.883. The molecule has 5 heteroatoms. The number of ether oxygens (including phenoxy) is 1. The summed E-state index contributed by atoms with van der Waals surface area (Å²) in [6.07, 6.45) is -3.41. The van der Waals surface area contributed by atoms with Gasteiger partial charge in [0, 0.05) is 24.8 Å². The minimum atomic E-state index is -4.31. The van der Waals surface area contributed by atoms with Gasteiger partial charge in [0.05, 0.1) is 12.2 Å². The topological polar surface area (TPSA) is 21.3 Å². The molecule has 1 saturated heterocycles. The minimum Gasteiger partial charge on any atom is -0.384 e. The standard InChI is InChI=1S/C12H14F3NO/c13-12(14,15)10-3-1-2-4-11(10)16-7-9-5-6-17-8-9/h1-4,9,16H,5-8H2. The van der Waals surface area contributed by atoms with Gasteiger partial charge in [0.15, 0.2) is 0 Å². The monoisotopic (exact) mass is 245 g/mol. The molecule has 1 atom stereocenters. The molecule has 1 heterocycles. The summed E-state index contributed by atoms with van der Waals surface area (Å²) in [6, 6.07) is 5.54. The first-order valence-electron chi connectivity index (χ1n) is 5.55. The van der Waals surface area contributed by atoms with E-state index in [2.05, 4.69) is 5.32 Å². The third-order valence-electron chi connectivity index (χ3n) is 2.84. The molecule has 0 saturated carbocycles. The Labute approximate surface area is 97.8 Å². The van der Waals surface area contributed by atoms with Gasteiger partial charge in [-0.15, -0.1) is 0 Å². The highest BCUT2D eigenvalue weighted by atomic mass is 19.4. The summed E-state index contributed by atoms with van der Waals surface area (Å²) in [5.74, 6) is 0.302. The highest BCUT2D eigenvalue weighted by molar-refractivity contribution is 5.52. The summed E-state index contributed by atoms with van der Waals surface area (Å²) < 4.78 is 43.2. The van der Waals surface area contributed by atoms with Crippen LogP contribution in [0.1, 0.15) is 12.0 Å². The Morgan fingerprint density at radius 3 is 2.71 bits per heavy atom. The Morgan fingerprint density at radius 1 is 1.29 bits per heavy atom. The first-order valence-corrected chi connectivity index (χ1v) is 5.55. The maximum Gasteiger partial charge on any atom is 0.418 e. The molecule has 17 heavy (non-hydrogen) atoms. The van der Waals surface area contributed by atoms with Crippen LogP contribution in [0.4, 0.5) is 18.9 Å². The number of anilines is 1. The van der Waals surface area contributed by atoms with E-state index in [1.807, 2.05) is 0 Å². The zero-order valence-corrected chi connectivity index (χ0v) is 9.26. The van der Waals surface area contributed by atoms with E-state index < -0.39 is 11.7 Å². The maximum atomic E-state index is 12.7. The number of halogens is 3. The Balaban J connectivity index is 2.04. The fourth-order valence-corrected chi connectivity index (χ4v) is 1.88. The lowest BCUT2D eigenvalue weighted by Crippen LogP contribution is -2.17. The number of hydrogen-bond donors (Lipinski definition) is 1. The molecule has 0 radical (unpaired) electrons. The second kappa shape index (κ2) is 4.96. The summed E-state index contributed by atoms with van der Waals surface area (Å²) >= 11 is 0. The number of rotatable bonds is 3. The summed E-state index contributed by atoms with van der Waals surface area (Å²) in [6.45, 7) is 1.85. The highest BCUT2D eigenvalue weighted by Gasteiger charge is 2.33. The molecule has 0 aromatic heterocycles. The molecule has 1 aromatic rings. The molecule has 2 nitrogen and oxygen atoms in total. The first kappa shape index (κ1) is 12.2. The van der Waals surface area contributed by atoms with Gasteiger partial charge in [0.25, 0.3) is 0 Å². The van der Waals surface area contributed by atoms with Gasteiger partial charge in [-0.05, 0) is 18.6 Å². The van der Waals surface area contributed by atoms with Crippen LogP contribution in [0.15, 0.2) is 24.3 Å². The SMILES string of the molecule is FC(F)(F)c1ccccc1NCC1CCOC1. The lowest BCUT2D eigenvalue weighted by Gasteiger charge is -2.16. The Hall–Kier alpha value is -1.23. The third-order valence-corrected chi connectivity index (χ3v) is 2.84. The minimum absolute atomic E-state index is 0.145. The Bertz CT molecular complexity index is 372. The van der Waals surface area contributed by atoms with Crippen molar-refractivity contribution in [2.24, 2.45) is 5.92 Å². The van der Waals surface area contributed by atoms with Crippen LogP contribution >= 0.6 is 0 Å². The molecule has 1 N–H and O–H groups in total. The van der Waals surface area contributed by atoms with Gasteiger partial charge in [-0.25, -0.2) is 0 Å². The molecule has 2 rings (SSSR count). The largest absolute Gasteiger partial charge is 0.418 e. The van der Waals surface area contributed by atoms with Crippen LogP contribution in [0, 0.1) is 5.92 Å². The van der Waals surface area contributed by atoms with Crippen molar-refractivity contribution in [3.05, 3.63) is 29.8 Å². The molecule has 0 aliphatic carbocycles. The van der Waals surface area contributed by atoms with Crippen molar-refractivity contribution in [1.29, 1.82) is 0 Å². The fraction of sp³-hybridized carbons (Fsp3) is 0.500. The summed E-state index contributed by atoms with van der Waals surface area (Å²) in [5.41, 5.74) is -0.467. The van der Waals surface area contributed by atoms with E-state index in [4.69, 9.17) is 4.74 Å². The van der Waals surface area contributed by atoms with Crippen LogP contribution in [-0.2, 0) is 10.9 Å². The smallest absolute Gasteiger partial charge is 0.384 e. The van der Waals surface area contributed by atoms with Gasteiger partial charge >= 0.3 is 6.18 Å². The van der Waals surface area contributed by atoms with E-state index >= 15 is 0 Å². The van der Waals surface area contributed by atoms with Gasteiger partial charge in [-0.1, -0.05) is 12.1 Å². The third kappa shape index (κ3) is 3.12. The number of benzene rings is 1. The van der Waals surface area contributed by atoms with E-state index in [9.17, 15) is 13.2 Å². The molecular formula is C12H14F3NO. The van der Waals surface area contributed by atoms with Gasteiger partial charge in [-0.2, -0.15) is 13.2 Å². The van der Waals surface area contributed by atoms with E-state index in [0.29, 0.717) is 25.7 Å². The summed E-state index contributed by atoms with van der Waals surface area (Å²) in [7, 11) is 0. The molecular weight excluding hydrogens is 231 g/mol. The van der Waals surface area contributed by atoms with Gasteiger partial charge < -0.3 is 10.1 Å². The Morgan fingerprint density at radius 2 is 2.06 bits per heavy atom. The molecule has 1 aliphatic rings. The number of hydrogen-bond acceptors (Lipinski definition) is 2. The highest BCUT2D eigenvalue weighted by Crippen LogP contribution is 2.34. The van der Waals surface area contributed by atoms with Gasteiger partial charge in [0.2, 0.25) is 0 Å². The zero-order valence-electron chi connectivity index (χ0n) is 9.26. The maximum absolute atomic E-state index is 12.7. The second-order valence-corrected chi connectivity index (χ2v) is 4.15. The van der Waals surface area contributed by atoms with Crippen molar-refractivity contribution in [2.45, 2.75) is 12.6 Å². The second-order valence-electron chi connectivity index (χ2n) is 4.15. The van der Waals surface area contributed by atoms with E-state index in [0.717, 1.165) is 12.5 Å². The molecule has 1 aliphatic heterocycles. The molecule has 0 spiro atoms. The predicted octanol–water partition coefficient (Wildman–Crippen LogP) is 3.15. The summed E-state index contributed by atoms with van der Waals surface area (Å²) in [5, 5.41) is 2.86. The predicted molar refractivity (Wildman–Crippen MR) is 58.9 cm³/mol. The van der Waals surface area contributed by atoms with Crippen LogP contribution in [0.2, 0.25) is 0 Å². The van der Waals surface area contributed by atoms with Crippen molar-refractivity contribution in [1.82, 2.24) is 0 Å². The molecule has 1 aromatic carbocycles.